The Bertz CT molecular complexity index is 304. The highest BCUT2D eigenvalue weighted by Gasteiger charge is 2.15. The Hall–Kier alpha value is -0.870. The van der Waals surface area contributed by atoms with Gasteiger partial charge in [-0.05, 0) is 51.4 Å². The van der Waals surface area contributed by atoms with Crippen LogP contribution in [0.15, 0.2) is 18.7 Å². The fraction of sp³-hybridized carbons (Fsp3) is 0.786. The van der Waals surface area contributed by atoms with Crippen LogP contribution in [0.1, 0.15) is 26.2 Å². The van der Waals surface area contributed by atoms with Crippen LogP contribution in [0.5, 0.6) is 0 Å². The first-order valence-electron chi connectivity index (χ1n) is 7.27. The predicted molar refractivity (Wildman–Crippen MR) is 74.6 cm³/mol. The fourth-order valence-corrected chi connectivity index (χ4v) is 2.72. The molecular formula is C14H26N4. The first-order chi connectivity index (χ1) is 8.88. The normalized spacial score (nSPS) is 20.4. The van der Waals surface area contributed by atoms with Crippen LogP contribution in [0.25, 0.3) is 0 Å². The highest BCUT2D eigenvalue weighted by atomic mass is 15.1. The van der Waals surface area contributed by atoms with E-state index in [0.717, 1.165) is 12.5 Å². The molecule has 2 rings (SSSR count). The Labute approximate surface area is 110 Å². The smallest absolute Gasteiger partial charge is 0.0945 e. The van der Waals surface area contributed by atoms with Gasteiger partial charge in [0, 0.05) is 25.5 Å². The Morgan fingerprint density at radius 3 is 3.11 bits per heavy atom. The maximum atomic E-state index is 4.07. The van der Waals surface area contributed by atoms with Crippen molar-refractivity contribution in [3.05, 3.63) is 18.7 Å². The summed E-state index contributed by atoms with van der Waals surface area (Å²) >= 11 is 0. The molecule has 1 aromatic heterocycles. The van der Waals surface area contributed by atoms with Crippen LogP contribution in [0, 0.1) is 5.92 Å². The van der Waals surface area contributed by atoms with Crippen LogP contribution in [0.4, 0.5) is 0 Å². The van der Waals surface area contributed by atoms with E-state index in [9.17, 15) is 0 Å². The summed E-state index contributed by atoms with van der Waals surface area (Å²) < 4.78 is 2.16. The molecule has 1 aromatic rings. The van der Waals surface area contributed by atoms with Crippen molar-refractivity contribution in [1.29, 1.82) is 0 Å². The lowest BCUT2D eigenvalue weighted by atomic mass is 9.99. The molecule has 18 heavy (non-hydrogen) atoms. The molecule has 0 bridgehead atoms. The molecule has 4 nitrogen and oxygen atoms in total. The van der Waals surface area contributed by atoms with Crippen molar-refractivity contribution in [1.82, 2.24) is 19.8 Å². The minimum Gasteiger partial charge on any atom is -0.337 e. The zero-order valence-corrected chi connectivity index (χ0v) is 11.5. The van der Waals surface area contributed by atoms with E-state index < -0.39 is 0 Å². The van der Waals surface area contributed by atoms with Crippen molar-refractivity contribution < 1.29 is 0 Å². The van der Waals surface area contributed by atoms with Gasteiger partial charge in [-0.2, -0.15) is 0 Å². The number of aryl methyl sites for hydroxylation is 1. The average Bonchev–Trinajstić information content (AvgIpc) is 2.92. The van der Waals surface area contributed by atoms with E-state index in [-0.39, 0.29) is 0 Å². The third kappa shape index (κ3) is 4.42. The second-order valence-corrected chi connectivity index (χ2v) is 5.26. The van der Waals surface area contributed by atoms with E-state index in [1.165, 1.54) is 52.0 Å². The lowest BCUT2D eigenvalue weighted by Gasteiger charge is -2.29. The van der Waals surface area contributed by atoms with Crippen LogP contribution in [0.3, 0.4) is 0 Å². The number of hydrogen-bond donors (Lipinski definition) is 1. The molecule has 0 saturated carbocycles. The molecule has 1 aliphatic heterocycles. The summed E-state index contributed by atoms with van der Waals surface area (Å²) in [5.74, 6) is 0.854. The van der Waals surface area contributed by atoms with Gasteiger partial charge in [0.05, 0.1) is 6.33 Å². The third-order valence-corrected chi connectivity index (χ3v) is 3.81. The lowest BCUT2D eigenvalue weighted by molar-refractivity contribution is 0.211. The second kappa shape index (κ2) is 7.54. The zero-order valence-electron chi connectivity index (χ0n) is 11.5. The Morgan fingerprint density at radius 2 is 2.44 bits per heavy atom. The van der Waals surface area contributed by atoms with E-state index in [4.69, 9.17) is 0 Å². The number of imidazole rings is 1. The molecule has 1 unspecified atom stereocenters. The molecule has 1 aliphatic rings. The Kier molecular flexibility index (Phi) is 5.68. The van der Waals surface area contributed by atoms with Gasteiger partial charge < -0.3 is 14.8 Å². The quantitative estimate of drug-likeness (QED) is 0.798. The van der Waals surface area contributed by atoms with E-state index in [1.807, 2.05) is 18.7 Å². The van der Waals surface area contributed by atoms with Crippen molar-refractivity contribution in [3.63, 3.8) is 0 Å². The Morgan fingerprint density at radius 1 is 1.50 bits per heavy atom. The molecule has 0 spiro atoms. The first-order valence-corrected chi connectivity index (χ1v) is 7.27. The summed E-state index contributed by atoms with van der Waals surface area (Å²) in [7, 11) is 0. The van der Waals surface area contributed by atoms with Gasteiger partial charge in [0.15, 0.2) is 0 Å². The summed E-state index contributed by atoms with van der Waals surface area (Å²) in [5.41, 5.74) is 0. The molecule has 0 aliphatic carbocycles. The SMILES string of the molecule is CCN(CCCn1ccnc1)CC1CCCNC1. The Balaban J connectivity index is 1.65. The minimum atomic E-state index is 0.854. The summed E-state index contributed by atoms with van der Waals surface area (Å²) in [5, 5.41) is 3.50. The van der Waals surface area contributed by atoms with Gasteiger partial charge in [-0.15, -0.1) is 0 Å². The van der Waals surface area contributed by atoms with Crippen LogP contribution in [-0.2, 0) is 6.54 Å². The van der Waals surface area contributed by atoms with Gasteiger partial charge in [-0.1, -0.05) is 6.92 Å². The molecule has 1 N–H and O–H groups in total. The van der Waals surface area contributed by atoms with E-state index in [0.29, 0.717) is 0 Å². The van der Waals surface area contributed by atoms with Gasteiger partial charge >= 0.3 is 0 Å². The van der Waals surface area contributed by atoms with Gasteiger partial charge in [0.2, 0.25) is 0 Å². The topological polar surface area (TPSA) is 33.1 Å². The van der Waals surface area contributed by atoms with E-state index >= 15 is 0 Å². The molecule has 102 valence electrons. The monoisotopic (exact) mass is 250 g/mol. The number of piperidine rings is 1. The maximum absolute atomic E-state index is 4.07. The van der Waals surface area contributed by atoms with Crippen molar-refractivity contribution in [2.75, 3.05) is 32.7 Å². The minimum absolute atomic E-state index is 0.854. The lowest BCUT2D eigenvalue weighted by Crippen LogP contribution is -2.38. The summed E-state index contributed by atoms with van der Waals surface area (Å²) in [6.07, 6.45) is 9.75. The standard InChI is InChI=1S/C14H26N4/c1-2-17(12-14-5-3-6-15-11-14)8-4-9-18-10-7-16-13-18/h7,10,13-15H,2-6,8-9,11-12H2,1H3. The second-order valence-electron chi connectivity index (χ2n) is 5.26. The van der Waals surface area contributed by atoms with Crippen LogP contribution in [0.2, 0.25) is 0 Å². The first kappa shape index (κ1) is 13.6. The molecule has 0 aromatic carbocycles. The van der Waals surface area contributed by atoms with Crippen LogP contribution in [-0.4, -0.2) is 47.2 Å². The van der Waals surface area contributed by atoms with Gasteiger partial charge in [0.1, 0.15) is 0 Å². The fourth-order valence-electron chi connectivity index (χ4n) is 2.72. The van der Waals surface area contributed by atoms with Gasteiger partial charge in [-0.3, -0.25) is 0 Å². The maximum Gasteiger partial charge on any atom is 0.0945 e. The van der Waals surface area contributed by atoms with Gasteiger partial charge in [0.25, 0.3) is 0 Å². The van der Waals surface area contributed by atoms with Crippen LogP contribution < -0.4 is 5.32 Å². The van der Waals surface area contributed by atoms with Crippen molar-refractivity contribution >= 4 is 0 Å². The third-order valence-electron chi connectivity index (χ3n) is 3.81. The highest BCUT2D eigenvalue weighted by molar-refractivity contribution is 4.75. The highest BCUT2D eigenvalue weighted by Crippen LogP contribution is 2.12. The number of nitrogens with one attached hydrogen (secondary N) is 1. The number of aromatic nitrogens is 2. The predicted octanol–water partition coefficient (Wildman–Crippen LogP) is 1.59. The number of rotatable bonds is 7. The molecule has 0 radical (unpaired) electrons. The summed E-state index contributed by atoms with van der Waals surface area (Å²) in [4.78, 5) is 6.67. The average molecular weight is 250 g/mol. The molecule has 1 saturated heterocycles. The molecule has 2 heterocycles. The van der Waals surface area contributed by atoms with Crippen LogP contribution >= 0.6 is 0 Å². The van der Waals surface area contributed by atoms with Crippen molar-refractivity contribution in [3.8, 4) is 0 Å². The van der Waals surface area contributed by atoms with Crippen molar-refractivity contribution in [2.45, 2.75) is 32.7 Å². The molecular weight excluding hydrogens is 224 g/mol. The largest absolute Gasteiger partial charge is 0.337 e. The van der Waals surface area contributed by atoms with E-state index in [1.54, 1.807) is 0 Å². The molecule has 1 fully saturated rings. The summed E-state index contributed by atoms with van der Waals surface area (Å²) in [6, 6.07) is 0. The van der Waals surface area contributed by atoms with Crippen molar-refractivity contribution in [2.24, 2.45) is 5.92 Å². The van der Waals surface area contributed by atoms with E-state index in [2.05, 4.69) is 26.7 Å². The summed E-state index contributed by atoms with van der Waals surface area (Å²) in [6.45, 7) is 9.40. The van der Waals surface area contributed by atoms with Gasteiger partial charge in [-0.25, -0.2) is 4.98 Å². The molecule has 4 heteroatoms. The molecule has 1 atom stereocenters. The number of hydrogen-bond acceptors (Lipinski definition) is 3. The number of nitrogens with zero attached hydrogens (tertiary/aromatic N) is 3. The molecule has 0 amide bonds. The zero-order chi connectivity index (χ0) is 12.6.